The van der Waals surface area contributed by atoms with Gasteiger partial charge in [0.1, 0.15) is 0 Å². The molecule has 0 saturated carbocycles. The van der Waals surface area contributed by atoms with Crippen LogP contribution in [0.1, 0.15) is 29.2 Å². The molecule has 0 fully saturated rings. The number of anilines is 2. The van der Waals surface area contributed by atoms with Crippen molar-refractivity contribution in [3.8, 4) is 0 Å². The molecule has 0 aromatic carbocycles. The van der Waals surface area contributed by atoms with Gasteiger partial charge in [0.15, 0.2) is 11.5 Å². The molecule has 0 aliphatic rings. The minimum absolute atomic E-state index is 0.00558. The number of aromatic carboxylic acids is 1. The van der Waals surface area contributed by atoms with Gasteiger partial charge in [0.2, 0.25) is 0 Å². The molecule has 106 valence electrons. The van der Waals surface area contributed by atoms with Crippen molar-refractivity contribution in [1.29, 1.82) is 0 Å². The molecule has 5 nitrogen and oxygen atoms in total. The van der Waals surface area contributed by atoms with Crippen LogP contribution >= 0.6 is 11.3 Å². The maximum absolute atomic E-state index is 11.1. The molecule has 0 atom stereocenters. The Morgan fingerprint density at radius 1 is 1.45 bits per heavy atom. The Morgan fingerprint density at radius 2 is 2.20 bits per heavy atom. The first-order valence-corrected chi connectivity index (χ1v) is 7.16. The second-order valence-corrected chi connectivity index (χ2v) is 5.75. The quantitative estimate of drug-likeness (QED) is 0.885. The van der Waals surface area contributed by atoms with Crippen molar-refractivity contribution >= 4 is 28.8 Å². The predicted molar refractivity (Wildman–Crippen MR) is 81.2 cm³/mol. The molecule has 2 aromatic rings. The van der Waals surface area contributed by atoms with Crippen LogP contribution in [-0.2, 0) is 6.54 Å². The summed E-state index contributed by atoms with van der Waals surface area (Å²) in [6.07, 6.45) is 0. The molecule has 0 spiro atoms. The van der Waals surface area contributed by atoms with E-state index in [-0.39, 0.29) is 11.7 Å². The molecule has 20 heavy (non-hydrogen) atoms. The largest absolute Gasteiger partial charge is 0.477 e. The standard InChI is InChI=1S/C14H17N3O2S/c1-9(2)17(8-10-4-3-7-20-10)13-11(15)5-6-12(16-13)14(18)19/h3-7,9H,8,15H2,1-2H3,(H,18,19). The Balaban J connectivity index is 2.38. The van der Waals surface area contributed by atoms with Crippen LogP contribution in [0, 0.1) is 0 Å². The number of carbonyl (C=O) groups is 1. The summed E-state index contributed by atoms with van der Waals surface area (Å²) >= 11 is 1.65. The maximum atomic E-state index is 11.1. The van der Waals surface area contributed by atoms with Gasteiger partial charge in [-0.1, -0.05) is 6.07 Å². The molecular weight excluding hydrogens is 274 g/mol. The van der Waals surface area contributed by atoms with Crippen LogP contribution in [-0.4, -0.2) is 22.1 Å². The van der Waals surface area contributed by atoms with E-state index in [1.54, 1.807) is 17.4 Å². The molecular formula is C14H17N3O2S. The lowest BCUT2D eigenvalue weighted by Gasteiger charge is -2.28. The molecule has 6 heteroatoms. The SMILES string of the molecule is CC(C)N(Cc1cccs1)c1nc(C(=O)O)ccc1N. The Kier molecular flexibility index (Phi) is 4.24. The van der Waals surface area contributed by atoms with Gasteiger partial charge < -0.3 is 15.7 Å². The maximum Gasteiger partial charge on any atom is 0.354 e. The molecule has 0 aliphatic carbocycles. The Bertz CT molecular complexity index is 596. The van der Waals surface area contributed by atoms with E-state index in [0.29, 0.717) is 18.1 Å². The highest BCUT2D eigenvalue weighted by Gasteiger charge is 2.18. The van der Waals surface area contributed by atoms with Gasteiger partial charge in [-0.15, -0.1) is 11.3 Å². The zero-order chi connectivity index (χ0) is 14.7. The third-order valence-electron chi connectivity index (χ3n) is 2.93. The summed E-state index contributed by atoms with van der Waals surface area (Å²) < 4.78 is 0. The van der Waals surface area contributed by atoms with Crippen LogP contribution in [0.3, 0.4) is 0 Å². The minimum Gasteiger partial charge on any atom is -0.477 e. The van der Waals surface area contributed by atoms with Gasteiger partial charge in [-0.25, -0.2) is 9.78 Å². The molecule has 2 aromatic heterocycles. The molecule has 0 saturated heterocycles. The first-order chi connectivity index (χ1) is 9.49. The van der Waals surface area contributed by atoms with Crippen LogP contribution in [0.2, 0.25) is 0 Å². The average molecular weight is 291 g/mol. The molecule has 0 radical (unpaired) electrons. The van der Waals surface area contributed by atoms with E-state index in [2.05, 4.69) is 4.98 Å². The predicted octanol–water partition coefficient (Wildman–Crippen LogP) is 2.84. The Labute approximate surface area is 121 Å². The lowest BCUT2D eigenvalue weighted by atomic mass is 10.2. The van der Waals surface area contributed by atoms with Crippen molar-refractivity contribution in [2.75, 3.05) is 10.6 Å². The first-order valence-electron chi connectivity index (χ1n) is 6.28. The van der Waals surface area contributed by atoms with Crippen molar-refractivity contribution in [3.05, 3.63) is 40.2 Å². The lowest BCUT2D eigenvalue weighted by Crippen LogP contribution is -2.31. The van der Waals surface area contributed by atoms with Gasteiger partial charge in [0.05, 0.1) is 12.2 Å². The van der Waals surface area contributed by atoms with Crippen molar-refractivity contribution in [1.82, 2.24) is 4.98 Å². The van der Waals surface area contributed by atoms with E-state index in [0.717, 1.165) is 0 Å². The molecule has 2 rings (SSSR count). The van der Waals surface area contributed by atoms with Gasteiger partial charge in [-0.05, 0) is 37.4 Å². The van der Waals surface area contributed by atoms with E-state index in [4.69, 9.17) is 10.8 Å². The highest BCUT2D eigenvalue weighted by atomic mass is 32.1. The van der Waals surface area contributed by atoms with Crippen molar-refractivity contribution in [3.63, 3.8) is 0 Å². The lowest BCUT2D eigenvalue weighted by molar-refractivity contribution is 0.0690. The van der Waals surface area contributed by atoms with E-state index in [1.165, 1.54) is 10.9 Å². The number of hydrogen-bond acceptors (Lipinski definition) is 5. The summed E-state index contributed by atoms with van der Waals surface area (Å²) in [6, 6.07) is 7.21. The fourth-order valence-corrected chi connectivity index (χ4v) is 2.58. The summed E-state index contributed by atoms with van der Waals surface area (Å²) in [5.41, 5.74) is 6.46. The number of nitrogen functional groups attached to an aromatic ring is 1. The van der Waals surface area contributed by atoms with Crippen LogP contribution in [0.5, 0.6) is 0 Å². The summed E-state index contributed by atoms with van der Waals surface area (Å²) in [5.74, 6) is -0.528. The minimum atomic E-state index is -1.05. The normalized spacial score (nSPS) is 10.8. The second kappa shape index (κ2) is 5.92. The van der Waals surface area contributed by atoms with E-state index in [9.17, 15) is 4.79 Å². The van der Waals surface area contributed by atoms with Crippen LogP contribution < -0.4 is 10.6 Å². The van der Waals surface area contributed by atoms with Gasteiger partial charge in [-0.3, -0.25) is 0 Å². The molecule has 0 amide bonds. The third kappa shape index (κ3) is 3.08. The zero-order valence-corrected chi connectivity index (χ0v) is 12.2. The van der Waals surface area contributed by atoms with Crippen molar-refractivity contribution in [2.45, 2.75) is 26.4 Å². The second-order valence-electron chi connectivity index (χ2n) is 4.72. The first kappa shape index (κ1) is 14.3. The molecule has 0 aliphatic heterocycles. The number of nitrogens with zero attached hydrogens (tertiary/aromatic N) is 2. The third-order valence-corrected chi connectivity index (χ3v) is 3.79. The average Bonchev–Trinajstić information content (AvgIpc) is 2.89. The van der Waals surface area contributed by atoms with Gasteiger partial charge in [0, 0.05) is 10.9 Å². The molecule has 2 heterocycles. The highest BCUT2D eigenvalue weighted by Crippen LogP contribution is 2.26. The number of aromatic nitrogens is 1. The number of thiophene rings is 1. The molecule has 0 unspecified atom stereocenters. The van der Waals surface area contributed by atoms with E-state index >= 15 is 0 Å². The number of hydrogen-bond donors (Lipinski definition) is 2. The summed E-state index contributed by atoms with van der Waals surface area (Å²) in [4.78, 5) is 18.4. The van der Waals surface area contributed by atoms with Crippen LogP contribution in [0.4, 0.5) is 11.5 Å². The highest BCUT2D eigenvalue weighted by molar-refractivity contribution is 7.09. The fraction of sp³-hybridized carbons (Fsp3) is 0.286. The molecule has 3 N–H and O–H groups in total. The van der Waals surface area contributed by atoms with Gasteiger partial charge in [-0.2, -0.15) is 0 Å². The van der Waals surface area contributed by atoms with Crippen molar-refractivity contribution in [2.24, 2.45) is 0 Å². The number of nitrogens with two attached hydrogens (primary N) is 1. The van der Waals surface area contributed by atoms with Gasteiger partial charge >= 0.3 is 5.97 Å². The number of carboxylic acid groups (broad SMARTS) is 1. The van der Waals surface area contributed by atoms with Crippen LogP contribution in [0.25, 0.3) is 0 Å². The Morgan fingerprint density at radius 3 is 2.75 bits per heavy atom. The summed E-state index contributed by atoms with van der Waals surface area (Å²) in [6.45, 7) is 4.72. The van der Waals surface area contributed by atoms with E-state index < -0.39 is 5.97 Å². The monoisotopic (exact) mass is 291 g/mol. The smallest absolute Gasteiger partial charge is 0.354 e. The fourth-order valence-electron chi connectivity index (χ4n) is 1.88. The number of carboxylic acids is 1. The zero-order valence-electron chi connectivity index (χ0n) is 11.4. The number of pyridine rings is 1. The summed E-state index contributed by atoms with van der Waals surface area (Å²) in [5, 5.41) is 11.1. The topological polar surface area (TPSA) is 79.5 Å². The molecule has 0 bridgehead atoms. The van der Waals surface area contributed by atoms with Crippen molar-refractivity contribution < 1.29 is 9.90 Å². The Hall–Kier alpha value is -2.08. The van der Waals surface area contributed by atoms with E-state index in [1.807, 2.05) is 36.3 Å². The van der Waals surface area contributed by atoms with Crippen LogP contribution in [0.15, 0.2) is 29.6 Å². The van der Waals surface area contributed by atoms with Gasteiger partial charge in [0.25, 0.3) is 0 Å². The number of rotatable bonds is 5. The summed E-state index contributed by atoms with van der Waals surface area (Å²) in [7, 11) is 0.